The lowest BCUT2D eigenvalue weighted by molar-refractivity contribution is 0.0424. The third kappa shape index (κ3) is 5.60. The van der Waals surface area contributed by atoms with E-state index in [1.165, 1.54) is 6.42 Å². The number of esters is 1. The van der Waals surface area contributed by atoms with Crippen LogP contribution in [0, 0.1) is 0 Å². The first-order chi connectivity index (χ1) is 9.17. The molecule has 0 aliphatic heterocycles. The van der Waals surface area contributed by atoms with Gasteiger partial charge in [-0.1, -0.05) is 31.9 Å². The molecule has 3 heteroatoms. The average molecular weight is 262 g/mol. The summed E-state index contributed by atoms with van der Waals surface area (Å²) in [6.07, 6.45) is 7.13. The molecule has 0 aromatic heterocycles. The summed E-state index contributed by atoms with van der Waals surface area (Å²) in [5.41, 5.74) is 0.508. The topological polar surface area (TPSA) is 35.5 Å². The standard InChI is InChI=1S/C16H22O3/c1-4-5-6-7-9-13(2)19-16(17)14-10-8-11-15(12-14)18-3/h7-13H,4-6H2,1-3H3/b9-7+. The van der Waals surface area contributed by atoms with Gasteiger partial charge in [-0.15, -0.1) is 0 Å². The van der Waals surface area contributed by atoms with Crippen LogP contribution in [0.2, 0.25) is 0 Å². The molecule has 0 bridgehead atoms. The summed E-state index contributed by atoms with van der Waals surface area (Å²) in [6, 6.07) is 6.97. The van der Waals surface area contributed by atoms with Crippen molar-refractivity contribution in [1.29, 1.82) is 0 Å². The normalized spacial score (nSPS) is 12.4. The van der Waals surface area contributed by atoms with Gasteiger partial charge in [-0.25, -0.2) is 4.79 Å². The van der Waals surface area contributed by atoms with Crippen LogP contribution in [0.25, 0.3) is 0 Å². The van der Waals surface area contributed by atoms with Gasteiger partial charge in [0.1, 0.15) is 11.9 Å². The van der Waals surface area contributed by atoms with Crippen LogP contribution in [0.4, 0.5) is 0 Å². The van der Waals surface area contributed by atoms with Crippen molar-refractivity contribution in [3.05, 3.63) is 42.0 Å². The van der Waals surface area contributed by atoms with Crippen molar-refractivity contribution in [2.24, 2.45) is 0 Å². The fourth-order valence-electron chi connectivity index (χ4n) is 1.64. The third-order valence-corrected chi connectivity index (χ3v) is 2.73. The van der Waals surface area contributed by atoms with Crippen LogP contribution < -0.4 is 4.74 Å². The van der Waals surface area contributed by atoms with Crippen molar-refractivity contribution in [3.8, 4) is 5.75 Å². The van der Waals surface area contributed by atoms with Gasteiger partial charge in [-0.05, 0) is 37.6 Å². The molecule has 3 nitrogen and oxygen atoms in total. The number of benzene rings is 1. The minimum atomic E-state index is -0.327. The quantitative estimate of drug-likeness (QED) is 0.423. The molecule has 0 radical (unpaired) electrons. The molecule has 0 aliphatic rings. The zero-order valence-electron chi connectivity index (χ0n) is 11.9. The summed E-state index contributed by atoms with van der Waals surface area (Å²) in [6.45, 7) is 4.01. The smallest absolute Gasteiger partial charge is 0.338 e. The molecule has 0 spiro atoms. The van der Waals surface area contributed by atoms with E-state index in [1.54, 1.807) is 31.4 Å². The highest BCUT2D eigenvalue weighted by molar-refractivity contribution is 5.90. The van der Waals surface area contributed by atoms with Crippen LogP contribution in [0.5, 0.6) is 5.75 Å². The maximum Gasteiger partial charge on any atom is 0.338 e. The Hall–Kier alpha value is -1.77. The number of rotatable bonds is 7. The Kier molecular flexibility index (Phi) is 6.72. The number of ether oxygens (including phenoxy) is 2. The van der Waals surface area contributed by atoms with E-state index >= 15 is 0 Å². The van der Waals surface area contributed by atoms with E-state index in [-0.39, 0.29) is 12.1 Å². The summed E-state index contributed by atoms with van der Waals surface area (Å²) < 4.78 is 10.4. The zero-order chi connectivity index (χ0) is 14.1. The van der Waals surface area contributed by atoms with Crippen molar-refractivity contribution < 1.29 is 14.3 Å². The fourth-order valence-corrected chi connectivity index (χ4v) is 1.64. The molecular weight excluding hydrogens is 240 g/mol. The van der Waals surface area contributed by atoms with Gasteiger partial charge in [-0.2, -0.15) is 0 Å². The van der Waals surface area contributed by atoms with Crippen molar-refractivity contribution >= 4 is 5.97 Å². The van der Waals surface area contributed by atoms with Gasteiger partial charge < -0.3 is 9.47 Å². The second kappa shape index (κ2) is 8.35. The van der Waals surface area contributed by atoms with E-state index in [9.17, 15) is 4.79 Å². The van der Waals surface area contributed by atoms with Crippen molar-refractivity contribution in [2.45, 2.75) is 39.2 Å². The maximum absolute atomic E-state index is 11.9. The molecule has 1 unspecified atom stereocenters. The summed E-state index contributed by atoms with van der Waals surface area (Å²) in [5.74, 6) is 0.326. The molecular formula is C16H22O3. The average Bonchev–Trinajstić information content (AvgIpc) is 2.43. The number of allylic oxidation sites excluding steroid dienone is 1. The van der Waals surface area contributed by atoms with Gasteiger partial charge in [0.25, 0.3) is 0 Å². The Labute approximate surface area is 115 Å². The number of carbonyl (C=O) groups is 1. The van der Waals surface area contributed by atoms with Crippen LogP contribution in [0.3, 0.4) is 0 Å². The van der Waals surface area contributed by atoms with Crippen LogP contribution in [-0.2, 0) is 4.74 Å². The first kappa shape index (κ1) is 15.3. The molecule has 0 amide bonds. The summed E-state index contributed by atoms with van der Waals surface area (Å²) in [5, 5.41) is 0. The Balaban J connectivity index is 2.51. The molecule has 19 heavy (non-hydrogen) atoms. The highest BCUT2D eigenvalue weighted by Gasteiger charge is 2.10. The molecule has 0 heterocycles. The van der Waals surface area contributed by atoms with E-state index in [2.05, 4.69) is 13.0 Å². The number of methoxy groups -OCH3 is 1. The minimum absolute atomic E-state index is 0.212. The first-order valence-electron chi connectivity index (χ1n) is 6.69. The molecule has 1 rings (SSSR count). The number of hydrogen-bond donors (Lipinski definition) is 0. The van der Waals surface area contributed by atoms with Crippen molar-refractivity contribution in [2.75, 3.05) is 7.11 Å². The van der Waals surface area contributed by atoms with E-state index < -0.39 is 0 Å². The maximum atomic E-state index is 11.9. The Morgan fingerprint density at radius 1 is 1.42 bits per heavy atom. The minimum Gasteiger partial charge on any atom is -0.497 e. The van der Waals surface area contributed by atoms with Crippen molar-refractivity contribution in [1.82, 2.24) is 0 Å². The molecule has 0 N–H and O–H groups in total. The second-order valence-corrected chi connectivity index (χ2v) is 4.41. The Morgan fingerprint density at radius 2 is 2.21 bits per heavy atom. The van der Waals surface area contributed by atoms with Gasteiger partial charge in [0, 0.05) is 0 Å². The lowest BCUT2D eigenvalue weighted by Gasteiger charge is -2.10. The molecule has 1 aromatic rings. The van der Waals surface area contributed by atoms with Crippen LogP contribution in [-0.4, -0.2) is 19.2 Å². The predicted molar refractivity (Wildman–Crippen MR) is 76.5 cm³/mol. The monoisotopic (exact) mass is 262 g/mol. The van der Waals surface area contributed by atoms with E-state index in [0.29, 0.717) is 11.3 Å². The van der Waals surface area contributed by atoms with Crippen LogP contribution in [0.15, 0.2) is 36.4 Å². The summed E-state index contributed by atoms with van der Waals surface area (Å²) in [7, 11) is 1.57. The highest BCUT2D eigenvalue weighted by Crippen LogP contribution is 2.14. The van der Waals surface area contributed by atoms with Gasteiger partial charge in [-0.3, -0.25) is 0 Å². The molecule has 1 atom stereocenters. The molecule has 0 saturated carbocycles. The van der Waals surface area contributed by atoms with Gasteiger partial charge in [0.2, 0.25) is 0 Å². The number of hydrogen-bond acceptors (Lipinski definition) is 3. The van der Waals surface area contributed by atoms with Gasteiger partial charge in [0.05, 0.1) is 12.7 Å². The van der Waals surface area contributed by atoms with Gasteiger partial charge >= 0.3 is 5.97 Å². The number of carbonyl (C=O) groups excluding carboxylic acids is 1. The lowest BCUT2D eigenvalue weighted by atomic mass is 10.2. The van der Waals surface area contributed by atoms with E-state index in [4.69, 9.17) is 9.47 Å². The predicted octanol–water partition coefficient (Wildman–Crippen LogP) is 3.99. The van der Waals surface area contributed by atoms with Crippen molar-refractivity contribution in [3.63, 3.8) is 0 Å². The zero-order valence-corrected chi connectivity index (χ0v) is 11.9. The molecule has 0 saturated heterocycles. The van der Waals surface area contributed by atoms with Crippen LogP contribution >= 0.6 is 0 Å². The largest absolute Gasteiger partial charge is 0.497 e. The molecule has 104 valence electrons. The molecule has 0 aliphatic carbocycles. The SMILES string of the molecule is CCCC/C=C/C(C)OC(=O)c1cccc(OC)c1. The van der Waals surface area contributed by atoms with Crippen LogP contribution in [0.1, 0.15) is 43.5 Å². The Morgan fingerprint density at radius 3 is 2.89 bits per heavy atom. The highest BCUT2D eigenvalue weighted by atomic mass is 16.5. The fraction of sp³-hybridized carbons (Fsp3) is 0.438. The first-order valence-corrected chi connectivity index (χ1v) is 6.69. The van der Waals surface area contributed by atoms with E-state index in [1.807, 2.05) is 13.0 Å². The number of unbranched alkanes of at least 4 members (excludes halogenated alkanes) is 2. The third-order valence-electron chi connectivity index (χ3n) is 2.73. The van der Waals surface area contributed by atoms with Gasteiger partial charge in [0.15, 0.2) is 0 Å². The molecule has 0 fully saturated rings. The lowest BCUT2D eigenvalue weighted by Crippen LogP contribution is -2.12. The second-order valence-electron chi connectivity index (χ2n) is 4.41. The Bertz CT molecular complexity index is 424. The molecule has 1 aromatic carbocycles. The summed E-state index contributed by atoms with van der Waals surface area (Å²) >= 11 is 0. The summed E-state index contributed by atoms with van der Waals surface area (Å²) in [4.78, 5) is 11.9. The van der Waals surface area contributed by atoms with E-state index in [0.717, 1.165) is 12.8 Å².